The second-order valence-electron chi connectivity index (χ2n) is 7.20. The molecule has 0 heterocycles. The summed E-state index contributed by atoms with van der Waals surface area (Å²) in [6.07, 6.45) is 3.20. The van der Waals surface area contributed by atoms with Crippen LogP contribution in [-0.4, -0.2) is 25.5 Å². The lowest BCUT2D eigenvalue weighted by Gasteiger charge is -2.11. The molecule has 0 atom stereocenters. The van der Waals surface area contributed by atoms with Gasteiger partial charge in [0.15, 0.2) is 0 Å². The van der Waals surface area contributed by atoms with E-state index in [1.807, 2.05) is 45.9 Å². The van der Waals surface area contributed by atoms with Gasteiger partial charge in [0.1, 0.15) is 5.75 Å². The highest BCUT2D eigenvalue weighted by Crippen LogP contribution is 2.21. The van der Waals surface area contributed by atoms with Crippen LogP contribution in [0.1, 0.15) is 40.9 Å². The van der Waals surface area contributed by atoms with Gasteiger partial charge in [-0.3, -0.25) is 9.59 Å². The number of hydrogen-bond donors (Lipinski definition) is 2. The first-order valence-corrected chi connectivity index (χ1v) is 9.32. The molecule has 2 amide bonds. The van der Waals surface area contributed by atoms with Crippen molar-refractivity contribution in [2.75, 3.05) is 19.0 Å². The van der Waals surface area contributed by atoms with E-state index in [0.29, 0.717) is 29.5 Å². The van der Waals surface area contributed by atoms with E-state index in [9.17, 15) is 9.59 Å². The number of ether oxygens (including phenoxy) is 1. The summed E-state index contributed by atoms with van der Waals surface area (Å²) in [5.74, 6) is 0.745. The summed E-state index contributed by atoms with van der Waals surface area (Å²) in [6, 6.07) is 11.0. The van der Waals surface area contributed by atoms with Crippen LogP contribution in [0.3, 0.4) is 0 Å². The van der Waals surface area contributed by atoms with Crippen molar-refractivity contribution < 1.29 is 14.3 Å². The number of carbonyl (C=O) groups is 2. The van der Waals surface area contributed by atoms with Gasteiger partial charge in [-0.25, -0.2) is 0 Å². The summed E-state index contributed by atoms with van der Waals surface area (Å²) in [4.78, 5) is 24.5. The fraction of sp³-hybridized carbons (Fsp3) is 0.304. The Morgan fingerprint density at radius 2 is 1.86 bits per heavy atom. The number of amides is 2. The Bertz CT molecular complexity index is 885. The van der Waals surface area contributed by atoms with Gasteiger partial charge in [-0.05, 0) is 61.7 Å². The van der Waals surface area contributed by atoms with E-state index in [4.69, 9.17) is 4.74 Å². The third kappa shape index (κ3) is 5.98. The molecular formula is C23H28N2O3. The van der Waals surface area contributed by atoms with Crippen LogP contribution in [0, 0.1) is 19.8 Å². The number of nitrogens with one attached hydrogen (secondary N) is 2. The second-order valence-corrected chi connectivity index (χ2v) is 7.20. The van der Waals surface area contributed by atoms with Crippen LogP contribution >= 0.6 is 0 Å². The van der Waals surface area contributed by atoms with E-state index in [2.05, 4.69) is 10.6 Å². The zero-order valence-electron chi connectivity index (χ0n) is 17.1. The summed E-state index contributed by atoms with van der Waals surface area (Å²) in [6.45, 7) is 8.57. The van der Waals surface area contributed by atoms with Crippen molar-refractivity contribution in [3.63, 3.8) is 0 Å². The maximum atomic E-state index is 12.3. The predicted molar refractivity (Wildman–Crippen MR) is 114 cm³/mol. The molecule has 2 aromatic carbocycles. The van der Waals surface area contributed by atoms with Crippen molar-refractivity contribution in [3.05, 3.63) is 64.7 Å². The van der Waals surface area contributed by atoms with Crippen molar-refractivity contribution in [3.8, 4) is 5.75 Å². The highest BCUT2D eigenvalue weighted by Gasteiger charge is 2.09. The maximum Gasteiger partial charge on any atom is 0.251 e. The quantitative estimate of drug-likeness (QED) is 0.702. The van der Waals surface area contributed by atoms with Crippen molar-refractivity contribution in [1.29, 1.82) is 0 Å². The zero-order valence-corrected chi connectivity index (χ0v) is 17.1. The Hall–Kier alpha value is -3.08. The van der Waals surface area contributed by atoms with Gasteiger partial charge < -0.3 is 15.4 Å². The third-order valence-corrected chi connectivity index (χ3v) is 4.22. The number of benzene rings is 2. The van der Waals surface area contributed by atoms with Crippen molar-refractivity contribution in [2.45, 2.75) is 27.7 Å². The molecule has 0 fully saturated rings. The molecule has 2 N–H and O–H groups in total. The van der Waals surface area contributed by atoms with Crippen molar-refractivity contribution >= 4 is 23.6 Å². The topological polar surface area (TPSA) is 67.4 Å². The summed E-state index contributed by atoms with van der Waals surface area (Å²) in [5, 5.41) is 5.74. The molecule has 5 nitrogen and oxygen atoms in total. The Kier molecular flexibility index (Phi) is 7.38. The van der Waals surface area contributed by atoms with Crippen LogP contribution in [0.5, 0.6) is 5.75 Å². The Labute approximate surface area is 166 Å². The smallest absolute Gasteiger partial charge is 0.251 e. The van der Waals surface area contributed by atoms with E-state index in [-0.39, 0.29) is 11.8 Å². The number of rotatable bonds is 7. The van der Waals surface area contributed by atoms with E-state index in [1.54, 1.807) is 31.4 Å². The molecule has 0 spiro atoms. The number of methoxy groups -OCH3 is 1. The molecule has 0 radical (unpaired) electrons. The Morgan fingerprint density at radius 1 is 1.11 bits per heavy atom. The fourth-order valence-corrected chi connectivity index (χ4v) is 2.67. The average Bonchev–Trinajstić information content (AvgIpc) is 2.66. The van der Waals surface area contributed by atoms with Crippen molar-refractivity contribution in [2.24, 2.45) is 5.92 Å². The standard InChI is InChI=1S/C23H28N2O3/c1-15(2)14-24-23(27)19-7-9-20(17(4)13-19)25-22(26)11-8-18-12-16(3)6-10-21(18)28-5/h6-13,15H,14H2,1-5H3,(H,24,27)(H,25,26)/b11-8+. The number of hydrogen-bond acceptors (Lipinski definition) is 3. The van der Waals surface area contributed by atoms with Gasteiger partial charge in [0.05, 0.1) is 7.11 Å². The minimum atomic E-state index is -0.247. The van der Waals surface area contributed by atoms with Crippen LogP contribution in [0.4, 0.5) is 5.69 Å². The Balaban J connectivity index is 2.06. The summed E-state index contributed by atoms with van der Waals surface area (Å²) in [7, 11) is 1.60. The van der Waals surface area contributed by atoms with E-state index >= 15 is 0 Å². The first kappa shape index (κ1) is 21.2. The average molecular weight is 380 g/mol. The molecule has 2 aromatic rings. The third-order valence-electron chi connectivity index (χ3n) is 4.22. The van der Waals surface area contributed by atoms with Crippen LogP contribution in [0.2, 0.25) is 0 Å². The number of carbonyl (C=O) groups excluding carboxylic acids is 2. The van der Waals surface area contributed by atoms with Crippen LogP contribution in [0.15, 0.2) is 42.5 Å². The maximum absolute atomic E-state index is 12.3. The molecule has 0 unspecified atom stereocenters. The molecule has 0 aliphatic rings. The first-order chi connectivity index (χ1) is 13.3. The number of aryl methyl sites for hydroxylation is 2. The molecule has 2 rings (SSSR count). The van der Waals surface area contributed by atoms with Crippen molar-refractivity contribution in [1.82, 2.24) is 5.32 Å². The molecule has 0 aliphatic carbocycles. The monoisotopic (exact) mass is 380 g/mol. The van der Waals surface area contributed by atoms with E-state index < -0.39 is 0 Å². The van der Waals surface area contributed by atoms with Gasteiger partial charge in [0.25, 0.3) is 5.91 Å². The minimum Gasteiger partial charge on any atom is -0.496 e. The molecule has 0 saturated carbocycles. The van der Waals surface area contributed by atoms with Gasteiger partial charge >= 0.3 is 0 Å². The number of anilines is 1. The molecule has 28 heavy (non-hydrogen) atoms. The molecule has 0 aromatic heterocycles. The summed E-state index contributed by atoms with van der Waals surface area (Å²) >= 11 is 0. The normalized spacial score (nSPS) is 10.9. The molecule has 0 saturated heterocycles. The minimum absolute atomic E-state index is 0.110. The van der Waals surface area contributed by atoms with E-state index in [1.165, 1.54) is 6.08 Å². The van der Waals surface area contributed by atoms with Gasteiger partial charge in [-0.2, -0.15) is 0 Å². The van der Waals surface area contributed by atoms with E-state index in [0.717, 1.165) is 16.7 Å². The largest absolute Gasteiger partial charge is 0.496 e. The van der Waals surface area contributed by atoms with Gasteiger partial charge in [-0.15, -0.1) is 0 Å². The fourth-order valence-electron chi connectivity index (χ4n) is 2.67. The van der Waals surface area contributed by atoms with Crippen LogP contribution in [0.25, 0.3) is 6.08 Å². The lowest BCUT2D eigenvalue weighted by Crippen LogP contribution is -2.27. The molecular weight excluding hydrogens is 352 g/mol. The highest BCUT2D eigenvalue weighted by atomic mass is 16.5. The lowest BCUT2D eigenvalue weighted by molar-refractivity contribution is -0.111. The molecule has 0 bridgehead atoms. The highest BCUT2D eigenvalue weighted by molar-refractivity contribution is 6.03. The lowest BCUT2D eigenvalue weighted by atomic mass is 10.1. The van der Waals surface area contributed by atoms with Gasteiger partial charge in [-0.1, -0.05) is 25.5 Å². The summed E-state index contributed by atoms with van der Waals surface area (Å²) in [5.41, 5.74) is 4.00. The molecule has 5 heteroatoms. The second kappa shape index (κ2) is 9.74. The zero-order chi connectivity index (χ0) is 20.7. The summed E-state index contributed by atoms with van der Waals surface area (Å²) < 4.78 is 5.32. The van der Waals surface area contributed by atoms with Crippen LogP contribution in [-0.2, 0) is 4.79 Å². The first-order valence-electron chi connectivity index (χ1n) is 9.32. The van der Waals surface area contributed by atoms with Gasteiger partial charge in [0.2, 0.25) is 5.91 Å². The molecule has 0 aliphatic heterocycles. The predicted octanol–water partition coefficient (Wildman–Crippen LogP) is 4.35. The Morgan fingerprint density at radius 3 is 2.50 bits per heavy atom. The SMILES string of the molecule is COc1ccc(C)cc1/C=C/C(=O)Nc1ccc(C(=O)NCC(C)C)cc1C. The molecule has 148 valence electrons. The van der Waals surface area contributed by atoms with Gasteiger partial charge in [0, 0.05) is 29.4 Å². The van der Waals surface area contributed by atoms with Crippen LogP contribution < -0.4 is 15.4 Å².